The Morgan fingerprint density at radius 1 is 1.41 bits per heavy atom. The third-order valence-electron chi connectivity index (χ3n) is 2.55. The van der Waals surface area contributed by atoms with Crippen LogP contribution < -0.4 is 5.73 Å². The lowest BCUT2D eigenvalue weighted by molar-refractivity contribution is 0.312. The minimum Gasteiger partial charge on any atom is -0.409 e. The molecule has 5 nitrogen and oxygen atoms in total. The van der Waals surface area contributed by atoms with Gasteiger partial charge in [0.25, 0.3) is 0 Å². The minimum absolute atomic E-state index is 0.307. The fourth-order valence-corrected chi connectivity index (χ4v) is 1.62. The Labute approximate surface area is 102 Å². The van der Waals surface area contributed by atoms with Crippen LogP contribution in [0.1, 0.15) is 24.8 Å². The molecule has 17 heavy (non-hydrogen) atoms. The number of oxime groups is 1. The molecule has 0 atom stereocenters. The summed E-state index contributed by atoms with van der Waals surface area (Å²) in [5.74, 6) is 0.307. The van der Waals surface area contributed by atoms with Crippen LogP contribution in [-0.4, -0.2) is 34.5 Å². The van der Waals surface area contributed by atoms with E-state index in [1.54, 1.807) is 0 Å². The Hall–Kier alpha value is -1.62. The van der Waals surface area contributed by atoms with Crippen molar-refractivity contribution in [3.05, 3.63) is 30.1 Å². The standard InChI is InChI=1S/C12H20N4O/c1-16(9-3-2-4-12(13)15-17)10-11-5-7-14-8-6-11/h5-8,17H,2-4,9-10H2,1H3,(H2,13,15). The van der Waals surface area contributed by atoms with E-state index >= 15 is 0 Å². The molecule has 0 radical (unpaired) electrons. The number of nitrogens with zero attached hydrogens (tertiary/aromatic N) is 3. The van der Waals surface area contributed by atoms with Crippen LogP contribution in [0.4, 0.5) is 0 Å². The molecule has 0 aliphatic heterocycles. The molecule has 0 bridgehead atoms. The number of hydrogen-bond donors (Lipinski definition) is 2. The van der Waals surface area contributed by atoms with Crippen molar-refractivity contribution in [3.8, 4) is 0 Å². The van der Waals surface area contributed by atoms with Gasteiger partial charge in [-0.3, -0.25) is 4.98 Å². The third-order valence-corrected chi connectivity index (χ3v) is 2.55. The third kappa shape index (κ3) is 5.87. The highest BCUT2D eigenvalue weighted by atomic mass is 16.4. The van der Waals surface area contributed by atoms with Gasteiger partial charge in [0.05, 0.1) is 0 Å². The van der Waals surface area contributed by atoms with Crippen molar-refractivity contribution < 1.29 is 5.21 Å². The number of nitrogens with two attached hydrogens (primary N) is 1. The van der Waals surface area contributed by atoms with Gasteiger partial charge in [-0.05, 0) is 44.1 Å². The minimum atomic E-state index is 0.307. The molecular formula is C12H20N4O. The fraction of sp³-hybridized carbons (Fsp3) is 0.500. The zero-order valence-electron chi connectivity index (χ0n) is 10.2. The molecule has 0 spiro atoms. The van der Waals surface area contributed by atoms with Crippen LogP contribution in [0.2, 0.25) is 0 Å². The first-order chi connectivity index (χ1) is 8.22. The second kappa shape index (κ2) is 7.62. The summed E-state index contributed by atoms with van der Waals surface area (Å²) in [7, 11) is 2.09. The van der Waals surface area contributed by atoms with Gasteiger partial charge in [0, 0.05) is 25.4 Å². The van der Waals surface area contributed by atoms with Crippen LogP contribution in [0.15, 0.2) is 29.7 Å². The Bertz CT molecular complexity index is 340. The number of amidine groups is 1. The first-order valence-corrected chi connectivity index (χ1v) is 5.76. The summed E-state index contributed by atoms with van der Waals surface area (Å²) >= 11 is 0. The van der Waals surface area contributed by atoms with E-state index < -0.39 is 0 Å². The Kier molecular flexibility index (Phi) is 6.03. The average Bonchev–Trinajstić information content (AvgIpc) is 2.35. The summed E-state index contributed by atoms with van der Waals surface area (Å²) in [6.07, 6.45) is 6.25. The van der Waals surface area contributed by atoms with Gasteiger partial charge >= 0.3 is 0 Å². The molecule has 94 valence electrons. The molecular weight excluding hydrogens is 216 g/mol. The molecule has 5 heteroatoms. The van der Waals surface area contributed by atoms with E-state index in [-0.39, 0.29) is 0 Å². The number of aromatic nitrogens is 1. The predicted octanol–water partition coefficient (Wildman–Crippen LogP) is 1.43. The van der Waals surface area contributed by atoms with Crippen LogP contribution in [-0.2, 0) is 6.54 Å². The lowest BCUT2D eigenvalue weighted by atomic mass is 10.2. The van der Waals surface area contributed by atoms with E-state index in [0.29, 0.717) is 12.3 Å². The van der Waals surface area contributed by atoms with Gasteiger partial charge in [0.1, 0.15) is 5.84 Å². The molecule has 0 amide bonds. The normalized spacial score (nSPS) is 12.0. The van der Waals surface area contributed by atoms with Crippen molar-refractivity contribution >= 4 is 5.84 Å². The van der Waals surface area contributed by atoms with Crippen molar-refractivity contribution in [3.63, 3.8) is 0 Å². The van der Waals surface area contributed by atoms with Gasteiger partial charge in [-0.25, -0.2) is 0 Å². The molecule has 0 aromatic carbocycles. The summed E-state index contributed by atoms with van der Waals surface area (Å²) < 4.78 is 0. The highest BCUT2D eigenvalue weighted by molar-refractivity contribution is 5.79. The van der Waals surface area contributed by atoms with Gasteiger partial charge < -0.3 is 15.8 Å². The topological polar surface area (TPSA) is 74.7 Å². The smallest absolute Gasteiger partial charge is 0.139 e. The lowest BCUT2D eigenvalue weighted by Crippen LogP contribution is -2.19. The van der Waals surface area contributed by atoms with Crippen molar-refractivity contribution in [2.45, 2.75) is 25.8 Å². The van der Waals surface area contributed by atoms with E-state index in [2.05, 4.69) is 22.1 Å². The second-order valence-corrected chi connectivity index (χ2v) is 4.14. The number of rotatable bonds is 7. The quantitative estimate of drug-likeness (QED) is 0.247. The monoisotopic (exact) mass is 236 g/mol. The molecule has 1 heterocycles. The van der Waals surface area contributed by atoms with Crippen LogP contribution in [0.25, 0.3) is 0 Å². The van der Waals surface area contributed by atoms with Gasteiger partial charge in [-0.15, -0.1) is 0 Å². The first kappa shape index (κ1) is 13.4. The molecule has 0 saturated carbocycles. The van der Waals surface area contributed by atoms with E-state index in [1.807, 2.05) is 24.5 Å². The van der Waals surface area contributed by atoms with Crippen molar-refractivity contribution in [1.29, 1.82) is 0 Å². The molecule has 0 aliphatic rings. The summed E-state index contributed by atoms with van der Waals surface area (Å²) in [6, 6.07) is 4.04. The van der Waals surface area contributed by atoms with Crippen LogP contribution in [0.3, 0.4) is 0 Å². The molecule has 0 saturated heterocycles. The Balaban J connectivity index is 2.16. The van der Waals surface area contributed by atoms with Crippen molar-refractivity contribution in [2.24, 2.45) is 10.9 Å². The second-order valence-electron chi connectivity index (χ2n) is 4.14. The predicted molar refractivity (Wildman–Crippen MR) is 67.8 cm³/mol. The maximum absolute atomic E-state index is 8.38. The molecule has 1 aromatic rings. The SMILES string of the molecule is CN(CCCCC(N)=NO)Cc1ccncc1. The zero-order chi connectivity index (χ0) is 12.5. The van der Waals surface area contributed by atoms with Crippen LogP contribution in [0, 0.1) is 0 Å². The van der Waals surface area contributed by atoms with E-state index in [9.17, 15) is 0 Å². The van der Waals surface area contributed by atoms with Gasteiger partial charge in [-0.2, -0.15) is 0 Å². The highest BCUT2D eigenvalue weighted by Crippen LogP contribution is 2.03. The maximum atomic E-state index is 8.38. The molecule has 1 rings (SSSR count). The van der Waals surface area contributed by atoms with Crippen LogP contribution >= 0.6 is 0 Å². The van der Waals surface area contributed by atoms with Gasteiger partial charge in [0.15, 0.2) is 0 Å². The van der Waals surface area contributed by atoms with E-state index in [1.165, 1.54) is 5.56 Å². The van der Waals surface area contributed by atoms with E-state index in [0.717, 1.165) is 25.9 Å². The van der Waals surface area contributed by atoms with Gasteiger partial charge in [-0.1, -0.05) is 5.16 Å². The Morgan fingerprint density at radius 2 is 2.12 bits per heavy atom. The summed E-state index contributed by atoms with van der Waals surface area (Å²) in [5.41, 5.74) is 6.66. The number of unbranched alkanes of at least 4 members (excludes halogenated alkanes) is 1. The first-order valence-electron chi connectivity index (χ1n) is 5.76. The van der Waals surface area contributed by atoms with Crippen LogP contribution in [0.5, 0.6) is 0 Å². The fourth-order valence-electron chi connectivity index (χ4n) is 1.62. The van der Waals surface area contributed by atoms with Crippen molar-refractivity contribution in [2.75, 3.05) is 13.6 Å². The molecule has 1 aromatic heterocycles. The average molecular weight is 236 g/mol. The summed E-state index contributed by atoms with van der Waals surface area (Å²) in [4.78, 5) is 6.24. The van der Waals surface area contributed by atoms with Gasteiger partial charge in [0.2, 0.25) is 0 Å². The Morgan fingerprint density at radius 3 is 2.76 bits per heavy atom. The summed E-state index contributed by atoms with van der Waals surface area (Å²) in [6.45, 7) is 1.92. The summed E-state index contributed by atoms with van der Waals surface area (Å²) in [5, 5.41) is 11.3. The zero-order valence-corrected chi connectivity index (χ0v) is 10.2. The lowest BCUT2D eigenvalue weighted by Gasteiger charge is -2.16. The number of hydrogen-bond acceptors (Lipinski definition) is 4. The largest absolute Gasteiger partial charge is 0.409 e. The molecule has 0 aliphatic carbocycles. The maximum Gasteiger partial charge on any atom is 0.139 e. The highest BCUT2D eigenvalue weighted by Gasteiger charge is 2.00. The van der Waals surface area contributed by atoms with E-state index in [4.69, 9.17) is 10.9 Å². The van der Waals surface area contributed by atoms with Crippen molar-refractivity contribution in [1.82, 2.24) is 9.88 Å². The number of pyridine rings is 1. The molecule has 0 unspecified atom stereocenters. The molecule has 0 fully saturated rings. The molecule has 3 N–H and O–H groups in total.